The molecular weight excluding hydrogens is 695 g/mol. The summed E-state index contributed by atoms with van der Waals surface area (Å²) in [4.78, 5) is 30.7. The first-order valence-corrected chi connectivity index (χ1v) is 11.7. The SMILES string of the molecule is COc1c(F)c(F)c(C(=O)[O-])c(F)c1F.O=C([O-])c1c(F)c(F)c(-c2ccccc2)c(F)c1F.O=C([O-])c1c(F)c(F)c(F)c(F)c1F. The Morgan fingerprint density at radius 2 is 0.708 bits per heavy atom. The van der Waals surface area contributed by atoms with Crippen molar-refractivity contribution in [2.45, 2.75) is 0 Å². The summed E-state index contributed by atoms with van der Waals surface area (Å²) >= 11 is 0. The largest absolute Gasteiger partial charge is 0.545 e. The van der Waals surface area contributed by atoms with Gasteiger partial charge in [-0.15, -0.1) is 0 Å². The first kappa shape index (κ1) is 38.4. The molecule has 0 aromatic heterocycles. The third-order valence-corrected chi connectivity index (χ3v) is 5.58. The fourth-order valence-corrected chi connectivity index (χ4v) is 3.42. The van der Waals surface area contributed by atoms with Crippen molar-refractivity contribution in [1.29, 1.82) is 0 Å². The van der Waals surface area contributed by atoms with Gasteiger partial charge in [-0.3, -0.25) is 0 Å². The van der Waals surface area contributed by atoms with E-state index in [9.17, 15) is 86.8 Å². The fourth-order valence-electron chi connectivity index (χ4n) is 3.42. The molecule has 0 amide bonds. The predicted octanol–water partition coefficient (Wildman–Crippen LogP) is 3.63. The van der Waals surface area contributed by atoms with Crippen molar-refractivity contribution in [1.82, 2.24) is 0 Å². The first-order valence-electron chi connectivity index (χ1n) is 11.7. The summed E-state index contributed by atoms with van der Waals surface area (Å²) in [5.41, 5.74) is -6.59. The second-order valence-electron chi connectivity index (χ2n) is 8.34. The van der Waals surface area contributed by atoms with Crippen molar-refractivity contribution in [3.05, 3.63) is 123 Å². The van der Waals surface area contributed by atoms with Crippen molar-refractivity contribution in [3.63, 3.8) is 0 Å². The molecular formula is C28H8F13O7-3. The zero-order valence-electron chi connectivity index (χ0n) is 22.7. The zero-order chi connectivity index (χ0) is 36.9. The van der Waals surface area contributed by atoms with Crippen LogP contribution in [0.15, 0.2) is 30.3 Å². The summed E-state index contributed by atoms with van der Waals surface area (Å²) in [5, 5.41) is 30.7. The van der Waals surface area contributed by atoms with Gasteiger partial charge in [-0.05, 0) is 5.56 Å². The lowest BCUT2D eigenvalue weighted by Crippen LogP contribution is -2.26. The van der Waals surface area contributed by atoms with E-state index in [4.69, 9.17) is 0 Å². The number of carboxylic acids is 3. The molecule has 0 heterocycles. The molecule has 0 unspecified atom stereocenters. The van der Waals surface area contributed by atoms with E-state index in [0.717, 1.165) is 7.11 Å². The molecule has 0 aliphatic heterocycles. The van der Waals surface area contributed by atoms with E-state index < -0.39 is 122 Å². The van der Waals surface area contributed by atoms with Crippen molar-refractivity contribution in [2.75, 3.05) is 7.11 Å². The summed E-state index contributed by atoms with van der Waals surface area (Å²) < 4.78 is 172. The maximum Gasteiger partial charge on any atom is 0.204 e. The smallest absolute Gasteiger partial charge is 0.204 e. The molecule has 4 rings (SSSR count). The average Bonchev–Trinajstić information content (AvgIpc) is 3.02. The number of aromatic carboxylic acids is 3. The molecule has 7 nitrogen and oxygen atoms in total. The third-order valence-electron chi connectivity index (χ3n) is 5.58. The second-order valence-corrected chi connectivity index (χ2v) is 8.34. The Hall–Kier alpha value is -5.82. The molecule has 0 fully saturated rings. The topological polar surface area (TPSA) is 130 Å². The van der Waals surface area contributed by atoms with Crippen LogP contribution >= 0.6 is 0 Å². The molecule has 20 heteroatoms. The summed E-state index contributed by atoms with van der Waals surface area (Å²) in [6.45, 7) is 0. The van der Waals surface area contributed by atoms with Crippen molar-refractivity contribution >= 4 is 17.9 Å². The van der Waals surface area contributed by atoms with E-state index in [2.05, 4.69) is 4.74 Å². The number of hydrogen-bond donors (Lipinski definition) is 0. The van der Waals surface area contributed by atoms with Gasteiger partial charge in [0.25, 0.3) is 0 Å². The highest BCUT2D eigenvalue weighted by Crippen LogP contribution is 2.32. The normalized spacial score (nSPS) is 10.4. The molecule has 0 radical (unpaired) electrons. The van der Waals surface area contributed by atoms with Gasteiger partial charge in [-0.1, -0.05) is 30.3 Å². The number of carbonyl (C=O) groups excluding carboxylic acids is 3. The Morgan fingerprint density at radius 1 is 0.438 bits per heavy atom. The maximum atomic E-state index is 13.7. The van der Waals surface area contributed by atoms with Gasteiger partial charge in [0.2, 0.25) is 17.5 Å². The summed E-state index contributed by atoms with van der Waals surface area (Å²) in [6.07, 6.45) is 0. The Labute approximate surface area is 256 Å². The number of carbonyl (C=O) groups is 3. The molecule has 0 saturated carbocycles. The lowest BCUT2D eigenvalue weighted by molar-refractivity contribution is -0.256. The van der Waals surface area contributed by atoms with E-state index in [0.29, 0.717) is 0 Å². The monoisotopic (exact) mass is 703 g/mol. The fraction of sp³-hybridized carbons (Fsp3) is 0.0357. The van der Waals surface area contributed by atoms with Crippen LogP contribution in [0.4, 0.5) is 57.1 Å². The van der Waals surface area contributed by atoms with Crippen LogP contribution in [0.1, 0.15) is 31.1 Å². The zero-order valence-corrected chi connectivity index (χ0v) is 22.7. The number of carboxylic acid groups (broad SMARTS) is 3. The summed E-state index contributed by atoms with van der Waals surface area (Å²) in [7, 11) is 0.777. The van der Waals surface area contributed by atoms with Gasteiger partial charge >= 0.3 is 0 Å². The van der Waals surface area contributed by atoms with Crippen molar-refractivity contribution in [2.24, 2.45) is 0 Å². The third kappa shape index (κ3) is 7.26. The van der Waals surface area contributed by atoms with E-state index in [-0.39, 0.29) is 5.56 Å². The lowest BCUT2D eigenvalue weighted by Gasteiger charge is -2.12. The van der Waals surface area contributed by atoms with Gasteiger partial charge < -0.3 is 34.4 Å². The first-order chi connectivity index (χ1) is 22.2. The van der Waals surface area contributed by atoms with Crippen LogP contribution in [0, 0.1) is 75.6 Å². The summed E-state index contributed by atoms with van der Waals surface area (Å²) in [6, 6.07) is 6.84. The molecule has 0 aliphatic carbocycles. The van der Waals surface area contributed by atoms with Crippen LogP contribution in [0.5, 0.6) is 5.75 Å². The van der Waals surface area contributed by atoms with Crippen molar-refractivity contribution in [3.8, 4) is 16.9 Å². The minimum absolute atomic E-state index is 0.111. The lowest BCUT2D eigenvalue weighted by atomic mass is 10.0. The Balaban J connectivity index is 0.000000254. The molecule has 0 atom stereocenters. The molecule has 48 heavy (non-hydrogen) atoms. The number of methoxy groups -OCH3 is 1. The van der Waals surface area contributed by atoms with Gasteiger partial charge in [-0.2, -0.15) is 8.78 Å². The number of ether oxygens (including phenoxy) is 1. The van der Waals surface area contributed by atoms with Crippen LogP contribution < -0.4 is 20.1 Å². The second kappa shape index (κ2) is 15.2. The highest BCUT2D eigenvalue weighted by atomic mass is 19.2. The summed E-state index contributed by atoms with van der Waals surface area (Å²) in [5.74, 6) is -35.9. The number of benzene rings is 4. The predicted molar refractivity (Wildman–Crippen MR) is 124 cm³/mol. The van der Waals surface area contributed by atoms with E-state index >= 15 is 0 Å². The molecule has 0 saturated heterocycles. The van der Waals surface area contributed by atoms with E-state index in [1.165, 1.54) is 24.3 Å². The highest BCUT2D eigenvalue weighted by molar-refractivity contribution is 5.88. The minimum Gasteiger partial charge on any atom is -0.545 e. The standard InChI is InChI=1S/C13H6F4O2.C8H4F4O3.C7HF5O2/c14-9-7(6-4-2-1-3-5-6)10(15)12(17)8(11(9)16)13(18)19;1-15-7-5(11)3(9)2(8(13)14)4(10)6(7)12;8-2-1(7(13)14)3(9)5(11)6(12)4(2)10/h1-5H,(H,18,19);1H3,(H,13,14);(H,13,14)/p-3. The van der Waals surface area contributed by atoms with Gasteiger partial charge in [-0.25, -0.2) is 48.3 Å². The van der Waals surface area contributed by atoms with Crippen LogP contribution in [0.3, 0.4) is 0 Å². The number of hydrogen-bond acceptors (Lipinski definition) is 7. The van der Waals surface area contributed by atoms with E-state index in [1.54, 1.807) is 6.07 Å². The quantitative estimate of drug-likeness (QED) is 0.176. The Morgan fingerprint density at radius 3 is 1.00 bits per heavy atom. The molecule has 0 aliphatic rings. The van der Waals surface area contributed by atoms with Gasteiger partial charge in [0.05, 0.1) is 47.3 Å². The highest BCUT2D eigenvalue weighted by Gasteiger charge is 2.28. The molecule has 4 aromatic rings. The number of rotatable bonds is 5. The van der Waals surface area contributed by atoms with Crippen LogP contribution in [-0.2, 0) is 0 Å². The molecule has 0 spiro atoms. The Bertz CT molecular complexity index is 1850. The minimum atomic E-state index is -2.47. The van der Waals surface area contributed by atoms with Gasteiger partial charge in [0.1, 0.15) is 0 Å². The average molecular weight is 703 g/mol. The molecule has 0 N–H and O–H groups in total. The van der Waals surface area contributed by atoms with Gasteiger partial charge in [0, 0.05) is 0 Å². The van der Waals surface area contributed by atoms with Crippen LogP contribution in [-0.4, -0.2) is 25.0 Å². The Kier molecular flexibility index (Phi) is 12.1. The van der Waals surface area contributed by atoms with Crippen LogP contribution in [0.2, 0.25) is 0 Å². The van der Waals surface area contributed by atoms with E-state index in [1.807, 2.05) is 0 Å². The molecule has 256 valence electrons. The molecule has 4 aromatic carbocycles. The molecule has 0 bridgehead atoms. The number of halogens is 13. The van der Waals surface area contributed by atoms with Crippen LogP contribution in [0.25, 0.3) is 11.1 Å². The van der Waals surface area contributed by atoms with Gasteiger partial charge in [0.15, 0.2) is 63.9 Å². The van der Waals surface area contributed by atoms with Crippen molar-refractivity contribution < 1.29 is 91.5 Å². The maximum absolute atomic E-state index is 13.7.